The topological polar surface area (TPSA) is 81.6 Å². The van der Waals surface area contributed by atoms with Gasteiger partial charge in [-0.3, -0.25) is 4.79 Å². The van der Waals surface area contributed by atoms with Gasteiger partial charge in [0.2, 0.25) is 5.28 Å². The van der Waals surface area contributed by atoms with Crippen LogP contribution in [-0.2, 0) is 14.3 Å². The fraction of sp³-hybridized carbons (Fsp3) is 0.529. The number of halogens is 1. The van der Waals surface area contributed by atoms with Gasteiger partial charge in [0.1, 0.15) is 15.5 Å². The Kier molecular flexibility index (Phi) is 5.62. The number of ether oxygens (including phenoxy) is 2. The van der Waals surface area contributed by atoms with E-state index in [1.54, 1.807) is 0 Å². The normalized spacial score (nSPS) is 15.3. The van der Waals surface area contributed by atoms with Crippen LogP contribution < -0.4 is 4.90 Å². The van der Waals surface area contributed by atoms with E-state index in [0.717, 1.165) is 10.9 Å². The molecule has 1 aliphatic heterocycles. The van der Waals surface area contributed by atoms with Gasteiger partial charge in [-0.05, 0) is 43.9 Å². The fourth-order valence-corrected chi connectivity index (χ4v) is 4.50. The molecule has 0 radical (unpaired) electrons. The Morgan fingerprint density at radius 3 is 2.62 bits per heavy atom. The molecule has 0 bridgehead atoms. The number of aryl methyl sites for hydroxylation is 1. The molecule has 7 nitrogen and oxygen atoms in total. The number of rotatable bonds is 4. The Labute approximate surface area is 160 Å². The van der Waals surface area contributed by atoms with E-state index < -0.39 is 5.97 Å². The molecule has 0 spiro atoms. The lowest BCUT2D eigenvalue weighted by Crippen LogP contribution is -2.37. The van der Waals surface area contributed by atoms with Crippen LogP contribution >= 0.6 is 22.9 Å². The van der Waals surface area contributed by atoms with Crippen LogP contribution in [-0.4, -0.2) is 48.7 Å². The predicted molar refractivity (Wildman–Crippen MR) is 100 cm³/mol. The predicted octanol–water partition coefficient (Wildman–Crippen LogP) is 3.22. The minimum absolute atomic E-state index is 0.0896. The number of fused-ring (bicyclic) bond motifs is 1. The summed E-state index contributed by atoms with van der Waals surface area (Å²) in [6.07, 6.45) is 1.38. The summed E-state index contributed by atoms with van der Waals surface area (Å²) in [5, 5.41) is 0.951. The molecule has 0 aromatic carbocycles. The van der Waals surface area contributed by atoms with Crippen LogP contribution in [0.3, 0.4) is 0 Å². The van der Waals surface area contributed by atoms with Crippen molar-refractivity contribution >= 4 is 50.9 Å². The molecular formula is C17H20ClN3O4S. The molecule has 0 atom stereocenters. The maximum absolute atomic E-state index is 12.0. The number of carbonyl (C=O) groups excluding carboxylic acids is 2. The van der Waals surface area contributed by atoms with Crippen molar-refractivity contribution in [3.63, 3.8) is 0 Å². The highest BCUT2D eigenvalue weighted by Crippen LogP contribution is 2.37. The zero-order valence-electron chi connectivity index (χ0n) is 14.9. The van der Waals surface area contributed by atoms with Gasteiger partial charge < -0.3 is 14.4 Å². The van der Waals surface area contributed by atoms with Crippen molar-refractivity contribution in [3.05, 3.63) is 15.7 Å². The van der Waals surface area contributed by atoms with Gasteiger partial charge in [0.25, 0.3) is 0 Å². The second kappa shape index (κ2) is 7.75. The molecule has 1 aliphatic rings. The van der Waals surface area contributed by atoms with E-state index in [4.69, 9.17) is 21.1 Å². The molecule has 0 saturated carbocycles. The van der Waals surface area contributed by atoms with Crippen molar-refractivity contribution in [2.45, 2.75) is 26.7 Å². The Morgan fingerprint density at radius 1 is 1.31 bits per heavy atom. The summed E-state index contributed by atoms with van der Waals surface area (Å²) in [6, 6.07) is 0. The van der Waals surface area contributed by atoms with Crippen LogP contribution in [0.25, 0.3) is 10.2 Å². The highest BCUT2D eigenvalue weighted by molar-refractivity contribution is 7.20. The molecule has 0 unspecified atom stereocenters. The summed E-state index contributed by atoms with van der Waals surface area (Å²) >= 11 is 7.36. The number of hydrogen-bond donors (Lipinski definition) is 0. The number of hydrogen-bond acceptors (Lipinski definition) is 8. The molecule has 2 aromatic heterocycles. The maximum Gasteiger partial charge on any atom is 0.348 e. The molecular weight excluding hydrogens is 378 g/mol. The van der Waals surface area contributed by atoms with Crippen molar-refractivity contribution in [1.82, 2.24) is 9.97 Å². The zero-order chi connectivity index (χ0) is 18.8. The Morgan fingerprint density at radius 2 is 2.00 bits per heavy atom. The number of carbonyl (C=O) groups is 2. The Balaban J connectivity index is 1.92. The zero-order valence-corrected chi connectivity index (χ0v) is 16.4. The van der Waals surface area contributed by atoms with Crippen molar-refractivity contribution < 1.29 is 19.1 Å². The second-order valence-corrected chi connectivity index (χ2v) is 7.39. The highest BCUT2D eigenvalue weighted by Gasteiger charge is 2.29. The second-order valence-electron chi connectivity index (χ2n) is 6.06. The Bertz CT molecular complexity index is 846. The summed E-state index contributed by atoms with van der Waals surface area (Å²) in [7, 11) is 1.35. The van der Waals surface area contributed by atoms with E-state index in [1.807, 2.05) is 13.8 Å². The lowest BCUT2D eigenvalue weighted by atomic mass is 9.97. The van der Waals surface area contributed by atoms with Crippen LogP contribution in [0.15, 0.2) is 0 Å². The van der Waals surface area contributed by atoms with Gasteiger partial charge >= 0.3 is 11.9 Å². The molecule has 0 amide bonds. The van der Waals surface area contributed by atoms with Crippen molar-refractivity contribution in [3.8, 4) is 0 Å². The van der Waals surface area contributed by atoms with Crippen molar-refractivity contribution in [1.29, 1.82) is 0 Å². The third kappa shape index (κ3) is 3.48. The van der Waals surface area contributed by atoms with Gasteiger partial charge in [0.05, 0.1) is 25.0 Å². The summed E-state index contributed by atoms with van der Waals surface area (Å²) in [5.41, 5.74) is 0.788. The number of anilines is 1. The molecule has 9 heteroatoms. The molecule has 0 aliphatic carbocycles. The summed E-state index contributed by atoms with van der Waals surface area (Å²) in [6.45, 7) is 5.39. The first-order valence-electron chi connectivity index (χ1n) is 8.42. The van der Waals surface area contributed by atoms with E-state index in [2.05, 4.69) is 14.9 Å². The number of esters is 2. The largest absolute Gasteiger partial charge is 0.466 e. The van der Waals surface area contributed by atoms with Gasteiger partial charge in [-0.1, -0.05) is 0 Å². The first-order valence-corrected chi connectivity index (χ1v) is 9.62. The lowest BCUT2D eigenvalue weighted by molar-refractivity contribution is -0.148. The van der Waals surface area contributed by atoms with Gasteiger partial charge in [-0.15, -0.1) is 11.3 Å². The van der Waals surface area contributed by atoms with Crippen LogP contribution in [0, 0.1) is 12.8 Å². The maximum atomic E-state index is 12.0. The SMILES string of the molecule is CCOC(=O)C1CCN(c2nc(Cl)nc3sc(C(=O)OC)c(C)c23)CC1. The smallest absolute Gasteiger partial charge is 0.348 e. The van der Waals surface area contributed by atoms with E-state index in [1.165, 1.54) is 18.4 Å². The monoisotopic (exact) mass is 397 g/mol. The number of thiophene rings is 1. The first-order chi connectivity index (χ1) is 12.5. The summed E-state index contributed by atoms with van der Waals surface area (Å²) < 4.78 is 9.97. The molecule has 1 saturated heterocycles. The molecule has 3 rings (SSSR count). The molecule has 140 valence electrons. The van der Waals surface area contributed by atoms with E-state index in [0.29, 0.717) is 48.1 Å². The quantitative estimate of drug-likeness (QED) is 0.578. The molecule has 2 aromatic rings. The molecule has 1 fully saturated rings. The number of piperidine rings is 1. The highest BCUT2D eigenvalue weighted by atomic mass is 35.5. The summed E-state index contributed by atoms with van der Waals surface area (Å²) in [4.78, 5) is 35.9. The third-order valence-corrected chi connectivity index (χ3v) is 5.86. The average molecular weight is 398 g/mol. The molecule has 0 N–H and O–H groups in total. The molecule has 3 heterocycles. The number of nitrogens with zero attached hydrogens (tertiary/aromatic N) is 3. The molecule has 26 heavy (non-hydrogen) atoms. The van der Waals surface area contributed by atoms with E-state index in [9.17, 15) is 9.59 Å². The van der Waals surface area contributed by atoms with Gasteiger partial charge in [-0.2, -0.15) is 4.98 Å². The standard InChI is InChI=1S/C17H20ClN3O4S/c1-4-25-15(22)10-5-7-21(8-6-10)13-11-9(2)12(16(23)24-3)26-14(11)20-17(18)19-13/h10H,4-8H2,1-3H3. The number of aromatic nitrogens is 2. The lowest BCUT2D eigenvalue weighted by Gasteiger charge is -2.32. The first kappa shape index (κ1) is 18.8. The van der Waals surface area contributed by atoms with Crippen molar-refractivity contribution in [2.24, 2.45) is 5.92 Å². The van der Waals surface area contributed by atoms with Gasteiger partial charge in [-0.25, -0.2) is 9.78 Å². The van der Waals surface area contributed by atoms with Crippen molar-refractivity contribution in [2.75, 3.05) is 31.7 Å². The van der Waals surface area contributed by atoms with Crippen LogP contribution in [0.5, 0.6) is 0 Å². The van der Waals surface area contributed by atoms with E-state index >= 15 is 0 Å². The third-order valence-electron chi connectivity index (χ3n) is 4.53. The average Bonchev–Trinajstić information content (AvgIpc) is 2.97. The minimum atomic E-state index is -0.395. The van der Waals surface area contributed by atoms with Gasteiger partial charge in [0, 0.05) is 13.1 Å². The van der Waals surface area contributed by atoms with Gasteiger partial charge in [0.15, 0.2) is 0 Å². The van der Waals surface area contributed by atoms with E-state index in [-0.39, 0.29) is 17.2 Å². The minimum Gasteiger partial charge on any atom is -0.466 e. The fourth-order valence-electron chi connectivity index (χ4n) is 3.20. The van der Waals surface area contributed by atoms with Crippen LogP contribution in [0.2, 0.25) is 5.28 Å². The Hall–Kier alpha value is -1.93. The number of methoxy groups -OCH3 is 1. The summed E-state index contributed by atoms with van der Waals surface area (Å²) in [5.74, 6) is 0.0747. The van der Waals surface area contributed by atoms with Crippen LogP contribution in [0.1, 0.15) is 35.0 Å². The van der Waals surface area contributed by atoms with Crippen LogP contribution in [0.4, 0.5) is 5.82 Å².